The standard InChI is InChI=1S/C14H10F4/c1-7-3-5-9(6-4-7)10-13(17)11(15)8(2)12(16)14(10)18/h3-6H,1-2H3. The van der Waals surface area contributed by atoms with E-state index >= 15 is 0 Å². The summed E-state index contributed by atoms with van der Waals surface area (Å²) >= 11 is 0. The molecule has 0 amide bonds. The summed E-state index contributed by atoms with van der Waals surface area (Å²) in [6.07, 6.45) is 0. The Balaban J connectivity index is 2.75. The van der Waals surface area contributed by atoms with Crippen LogP contribution in [0.15, 0.2) is 24.3 Å². The van der Waals surface area contributed by atoms with Crippen LogP contribution in [0, 0.1) is 37.1 Å². The fraction of sp³-hybridized carbons (Fsp3) is 0.143. The van der Waals surface area contributed by atoms with Crippen molar-refractivity contribution >= 4 is 0 Å². The quantitative estimate of drug-likeness (QED) is 0.518. The van der Waals surface area contributed by atoms with E-state index < -0.39 is 34.4 Å². The second-order valence-corrected chi connectivity index (χ2v) is 4.12. The number of hydrogen-bond donors (Lipinski definition) is 0. The minimum atomic E-state index is -1.37. The van der Waals surface area contributed by atoms with Crippen LogP contribution in [-0.4, -0.2) is 0 Å². The predicted molar refractivity (Wildman–Crippen MR) is 61.2 cm³/mol. The Morgan fingerprint density at radius 2 is 1.11 bits per heavy atom. The third-order valence-electron chi connectivity index (χ3n) is 2.82. The molecule has 0 aliphatic rings. The molecule has 0 fully saturated rings. The van der Waals surface area contributed by atoms with E-state index in [0.29, 0.717) is 0 Å². The zero-order valence-electron chi connectivity index (χ0n) is 9.82. The van der Waals surface area contributed by atoms with Gasteiger partial charge in [-0.25, -0.2) is 17.6 Å². The van der Waals surface area contributed by atoms with E-state index in [1.165, 1.54) is 12.1 Å². The molecule has 0 radical (unpaired) electrons. The summed E-state index contributed by atoms with van der Waals surface area (Å²) in [5.41, 5.74) is -0.336. The molecule has 0 atom stereocenters. The van der Waals surface area contributed by atoms with Crippen LogP contribution in [0.4, 0.5) is 17.6 Å². The maximum Gasteiger partial charge on any atom is 0.170 e. The van der Waals surface area contributed by atoms with Crippen molar-refractivity contribution < 1.29 is 17.6 Å². The van der Waals surface area contributed by atoms with E-state index in [1.54, 1.807) is 19.1 Å². The molecular formula is C14H10F4. The summed E-state index contributed by atoms with van der Waals surface area (Å²) in [5.74, 6) is -5.44. The number of halogens is 4. The Morgan fingerprint density at radius 1 is 0.667 bits per heavy atom. The van der Waals surface area contributed by atoms with E-state index in [-0.39, 0.29) is 5.56 Å². The van der Waals surface area contributed by atoms with E-state index in [2.05, 4.69) is 0 Å². The first kappa shape index (κ1) is 12.6. The van der Waals surface area contributed by atoms with Crippen LogP contribution in [0.1, 0.15) is 11.1 Å². The van der Waals surface area contributed by atoms with Crippen LogP contribution in [0.3, 0.4) is 0 Å². The van der Waals surface area contributed by atoms with Crippen molar-refractivity contribution in [3.05, 3.63) is 58.7 Å². The van der Waals surface area contributed by atoms with Crippen LogP contribution in [0.2, 0.25) is 0 Å². The highest BCUT2D eigenvalue weighted by Crippen LogP contribution is 2.31. The monoisotopic (exact) mass is 254 g/mol. The van der Waals surface area contributed by atoms with Gasteiger partial charge in [0.1, 0.15) is 0 Å². The molecular weight excluding hydrogens is 244 g/mol. The van der Waals surface area contributed by atoms with Crippen molar-refractivity contribution in [3.63, 3.8) is 0 Å². The summed E-state index contributed by atoms with van der Waals surface area (Å²) < 4.78 is 54.2. The molecule has 2 aromatic carbocycles. The maximum atomic E-state index is 13.7. The lowest BCUT2D eigenvalue weighted by Gasteiger charge is -2.10. The molecule has 0 nitrogen and oxygen atoms in total. The van der Waals surface area contributed by atoms with Gasteiger partial charge in [0.25, 0.3) is 0 Å². The fourth-order valence-electron chi connectivity index (χ4n) is 1.72. The molecule has 18 heavy (non-hydrogen) atoms. The van der Waals surface area contributed by atoms with Crippen LogP contribution < -0.4 is 0 Å². The minimum absolute atomic E-state index is 0.105. The van der Waals surface area contributed by atoms with Gasteiger partial charge in [0.2, 0.25) is 0 Å². The largest absolute Gasteiger partial charge is 0.203 e. The fourth-order valence-corrected chi connectivity index (χ4v) is 1.72. The van der Waals surface area contributed by atoms with Gasteiger partial charge in [0.05, 0.1) is 5.56 Å². The van der Waals surface area contributed by atoms with E-state index in [4.69, 9.17) is 0 Å². The topological polar surface area (TPSA) is 0 Å². The number of rotatable bonds is 1. The molecule has 0 saturated carbocycles. The first-order valence-electron chi connectivity index (χ1n) is 5.33. The third-order valence-corrected chi connectivity index (χ3v) is 2.82. The molecule has 0 unspecified atom stereocenters. The van der Waals surface area contributed by atoms with Crippen LogP contribution >= 0.6 is 0 Å². The highest BCUT2D eigenvalue weighted by Gasteiger charge is 2.23. The first-order chi connectivity index (χ1) is 8.43. The lowest BCUT2D eigenvalue weighted by molar-refractivity contribution is 0.449. The molecule has 0 bridgehead atoms. The summed E-state index contributed by atoms with van der Waals surface area (Å²) in [7, 11) is 0. The van der Waals surface area contributed by atoms with Gasteiger partial charge < -0.3 is 0 Å². The predicted octanol–water partition coefficient (Wildman–Crippen LogP) is 4.53. The molecule has 0 heterocycles. The number of benzene rings is 2. The van der Waals surface area contributed by atoms with Crippen LogP contribution in [-0.2, 0) is 0 Å². The summed E-state index contributed by atoms with van der Waals surface area (Å²) in [6.45, 7) is 2.79. The Bertz CT molecular complexity index is 571. The molecule has 2 rings (SSSR count). The van der Waals surface area contributed by atoms with Crippen molar-refractivity contribution in [1.29, 1.82) is 0 Å². The second-order valence-electron chi connectivity index (χ2n) is 4.12. The Morgan fingerprint density at radius 3 is 1.56 bits per heavy atom. The van der Waals surface area contributed by atoms with Gasteiger partial charge >= 0.3 is 0 Å². The molecule has 2 aromatic rings. The van der Waals surface area contributed by atoms with Crippen LogP contribution in [0.25, 0.3) is 11.1 Å². The first-order valence-corrected chi connectivity index (χ1v) is 5.33. The summed E-state index contributed by atoms with van der Waals surface area (Å²) in [5, 5.41) is 0. The summed E-state index contributed by atoms with van der Waals surface area (Å²) in [4.78, 5) is 0. The van der Waals surface area contributed by atoms with Crippen molar-refractivity contribution in [2.45, 2.75) is 13.8 Å². The van der Waals surface area contributed by atoms with Gasteiger partial charge in [-0.1, -0.05) is 29.8 Å². The molecule has 0 aromatic heterocycles. The lowest BCUT2D eigenvalue weighted by Crippen LogP contribution is -2.03. The molecule has 0 N–H and O–H groups in total. The van der Waals surface area contributed by atoms with Crippen molar-refractivity contribution in [2.24, 2.45) is 0 Å². The minimum Gasteiger partial charge on any atom is -0.203 e. The van der Waals surface area contributed by atoms with Gasteiger partial charge in [0, 0.05) is 5.56 Å². The Hall–Kier alpha value is -1.84. The highest BCUT2D eigenvalue weighted by molar-refractivity contribution is 5.66. The third kappa shape index (κ3) is 1.88. The van der Waals surface area contributed by atoms with Gasteiger partial charge in [-0.3, -0.25) is 0 Å². The van der Waals surface area contributed by atoms with E-state index in [1.807, 2.05) is 0 Å². The number of hydrogen-bond acceptors (Lipinski definition) is 0. The SMILES string of the molecule is Cc1ccc(-c2c(F)c(F)c(C)c(F)c2F)cc1. The Labute approximate surface area is 102 Å². The molecule has 0 saturated heterocycles. The second kappa shape index (κ2) is 4.44. The van der Waals surface area contributed by atoms with E-state index in [9.17, 15) is 17.6 Å². The van der Waals surface area contributed by atoms with Gasteiger partial charge in [-0.15, -0.1) is 0 Å². The van der Waals surface area contributed by atoms with Crippen LogP contribution in [0.5, 0.6) is 0 Å². The average molecular weight is 254 g/mol. The van der Waals surface area contributed by atoms with E-state index in [0.717, 1.165) is 12.5 Å². The smallest absolute Gasteiger partial charge is 0.170 e. The summed E-state index contributed by atoms with van der Waals surface area (Å²) in [6, 6.07) is 6.07. The zero-order chi connectivity index (χ0) is 13.4. The van der Waals surface area contributed by atoms with Crippen molar-refractivity contribution in [1.82, 2.24) is 0 Å². The maximum absolute atomic E-state index is 13.7. The normalized spacial score (nSPS) is 10.8. The molecule has 0 aliphatic carbocycles. The molecule has 0 aliphatic heterocycles. The average Bonchev–Trinajstić information content (AvgIpc) is 2.36. The highest BCUT2D eigenvalue weighted by atomic mass is 19.2. The van der Waals surface area contributed by atoms with Gasteiger partial charge in [-0.2, -0.15) is 0 Å². The number of aryl methyl sites for hydroxylation is 1. The Kier molecular flexibility index (Phi) is 3.11. The van der Waals surface area contributed by atoms with Gasteiger partial charge in [-0.05, 0) is 19.4 Å². The zero-order valence-corrected chi connectivity index (χ0v) is 9.82. The van der Waals surface area contributed by atoms with Crippen molar-refractivity contribution in [2.75, 3.05) is 0 Å². The van der Waals surface area contributed by atoms with Crippen molar-refractivity contribution in [3.8, 4) is 11.1 Å². The molecule has 94 valence electrons. The molecule has 4 heteroatoms. The molecule has 0 spiro atoms. The lowest BCUT2D eigenvalue weighted by atomic mass is 10.0. The van der Waals surface area contributed by atoms with Gasteiger partial charge in [0.15, 0.2) is 23.3 Å².